The molecule has 0 fully saturated rings. The summed E-state index contributed by atoms with van der Waals surface area (Å²) in [4.78, 5) is 0. The first-order chi connectivity index (χ1) is 5.83. The molecule has 0 aromatic heterocycles. The molecule has 0 saturated heterocycles. The SMILES string of the molecule is C=CCCCC.CCCCCCl. The van der Waals surface area contributed by atoms with Gasteiger partial charge in [-0.25, -0.2) is 0 Å². The summed E-state index contributed by atoms with van der Waals surface area (Å²) < 4.78 is 0. The van der Waals surface area contributed by atoms with Crippen LogP contribution in [0.15, 0.2) is 12.7 Å². The lowest BCUT2D eigenvalue weighted by Crippen LogP contribution is -1.70. The highest BCUT2D eigenvalue weighted by atomic mass is 35.5. The maximum absolute atomic E-state index is 5.38. The van der Waals surface area contributed by atoms with Gasteiger partial charge in [0.1, 0.15) is 0 Å². The van der Waals surface area contributed by atoms with Gasteiger partial charge in [-0.2, -0.15) is 0 Å². The van der Waals surface area contributed by atoms with Crippen molar-refractivity contribution in [1.29, 1.82) is 0 Å². The third-order valence-corrected chi connectivity index (χ3v) is 1.77. The molecule has 0 N–H and O–H groups in total. The second-order valence-electron chi connectivity index (χ2n) is 2.83. The highest BCUT2D eigenvalue weighted by Gasteiger charge is 1.76. The smallest absolute Gasteiger partial charge is 0.0223 e. The molecule has 0 atom stereocenters. The third kappa shape index (κ3) is 22.5. The fourth-order valence-electron chi connectivity index (χ4n) is 0.693. The van der Waals surface area contributed by atoms with Crippen LogP contribution in [0.25, 0.3) is 0 Å². The van der Waals surface area contributed by atoms with Crippen LogP contribution in [0.4, 0.5) is 0 Å². The van der Waals surface area contributed by atoms with Crippen LogP contribution >= 0.6 is 11.6 Å². The van der Waals surface area contributed by atoms with Gasteiger partial charge in [0.15, 0.2) is 0 Å². The molecule has 0 aliphatic rings. The van der Waals surface area contributed by atoms with Crippen LogP contribution in [-0.4, -0.2) is 5.88 Å². The van der Waals surface area contributed by atoms with Crippen LogP contribution in [0.2, 0.25) is 0 Å². The van der Waals surface area contributed by atoms with Crippen molar-refractivity contribution in [2.75, 3.05) is 5.88 Å². The summed E-state index contributed by atoms with van der Waals surface area (Å²) in [5.41, 5.74) is 0. The zero-order valence-electron chi connectivity index (χ0n) is 8.61. The lowest BCUT2D eigenvalue weighted by molar-refractivity contribution is 0.776. The van der Waals surface area contributed by atoms with E-state index in [1.807, 2.05) is 6.08 Å². The number of halogens is 1. The minimum absolute atomic E-state index is 0.827. The van der Waals surface area contributed by atoms with Crippen molar-refractivity contribution in [1.82, 2.24) is 0 Å². The fraction of sp³-hybridized carbons (Fsp3) is 0.818. The van der Waals surface area contributed by atoms with Crippen LogP contribution < -0.4 is 0 Å². The zero-order chi connectivity index (χ0) is 9.66. The first kappa shape index (κ1) is 14.5. The number of hydrogen-bond acceptors (Lipinski definition) is 0. The molecule has 12 heavy (non-hydrogen) atoms. The Bertz CT molecular complexity index is 65.4. The molecule has 0 aromatic rings. The van der Waals surface area contributed by atoms with E-state index in [0.717, 1.165) is 5.88 Å². The zero-order valence-corrected chi connectivity index (χ0v) is 9.37. The van der Waals surface area contributed by atoms with E-state index >= 15 is 0 Å². The van der Waals surface area contributed by atoms with Gasteiger partial charge < -0.3 is 0 Å². The number of rotatable bonds is 6. The third-order valence-electron chi connectivity index (χ3n) is 1.50. The van der Waals surface area contributed by atoms with Crippen molar-refractivity contribution in [2.45, 2.75) is 52.4 Å². The monoisotopic (exact) mass is 190 g/mol. The fourth-order valence-corrected chi connectivity index (χ4v) is 0.882. The van der Waals surface area contributed by atoms with Crippen LogP contribution in [0.5, 0.6) is 0 Å². The van der Waals surface area contributed by atoms with Gasteiger partial charge in [0.05, 0.1) is 0 Å². The molecule has 74 valence electrons. The van der Waals surface area contributed by atoms with Crippen LogP contribution in [0, 0.1) is 0 Å². The maximum atomic E-state index is 5.38. The minimum atomic E-state index is 0.827. The second kappa shape index (κ2) is 17.2. The van der Waals surface area contributed by atoms with Gasteiger partial charge in [0.2, 0.25) is 0 Å². The summed E-state index contributed by atoms with van der Waals surface area (Å²) in [6, 6.07) is 0. The van der Waals surface area contributed by atoms with Gasteiger partial charge in [-0.1, -0.05) is 45.6 Å². The first-order valence-electron chi connectivity index (χ1n) is 5.00. The van der Waals surface area contributed by atoms with E-state index in [-0.39, 0.29) is 0 Å². The molecule has 0 amide bonds. The minimum Gasteiger partial charge on any atom is -0.127 e. The van der Waals surface area contributed by atoms with E-state index < -0.39 is 0 Å². The standard InChI is InChI=1S/C6H12.C5H11Cl/c1-3-5-6-4-2;1-2-3-4-5-6/h3H,1,4-6H2,2H3;2-5H2,1H3. The number of hydrogen-bond donors (Lipinski definition) is 0. The molecular formula is C11H23Cl. The Hall–Kier alpha value is 0.0300. The van der Waals surface area contributed by atoms with E-state index in [0.29, 0.717) is 0 Å². The highest BCUT2D eigenvalue weighted by Crippen LogP contribution is 1.93. The molecule has 1 heteroatoms. The number of unbranched alkanes of at least 4 members (excludes halogenated alkanes) is 4. The Morgan fingerprint density at radius 1 is 1.08 bits per heavy atom. The largest absolute Gasteiger partial charge is 0.127 e. The Kier molecular flexibility index (Phi) is 20.9. The predicted octanol–water partition coefficient (Wildman–Crippen LogP) is 4.78. The molecule has 0 aromatic carbocycles. The summed E-state index contributed by atoms with van der Waals surface area (Å²) in [5, 5.41) is 0. The Balaban J connectivity index is 0. The van der Waals surface area contributed by atoms with Gasteiger partial charge in [0.25, 0.3) is 0 Å². The lowest BCUT2D eigenvalue weighted by Gasteiger charge is -1.84. The predicted molar refractivity (Wildman–Crippen MR) is 60.0 cm³/mol. The lowest BCUT2D eigenvalue weighted by atomic mass is 10.3. The average molecular weight is 191 g/mol. The van der Waals surface area contributed by atoms with E-state index in [2.05, 4.69) is 20.4 Å². The highest BCUT2D eigenvalue weighted by molar-refractivity contribution is 6.17. The van der Waals surface area contributed by atoms with Crippen molar-refractivity contribution in [3.8, 4) is 0 Å². The second-order valence-corrected chi connectivity index (χ2v) is 3.20. The topological polar surface area (TPSA) is 0 Å². The van der Waals surface area contributed by atoms with Crippen molar-refractivity contribution in [3.63, 3.8) is 0 Å². The number of allylic oxidation sites excluding steroid dienone is 1. The Morgan fingerprint density at radius 3 is 1.83 bits per heavy atom. The number of alkyl halides is 1. The summed E-state index contributed by atoms with van der Waals surface area (Å²) in [6.07, 6.45) is 9.45. The van der Waals surface area contributed by atoms with Gasteiger partial charge >= 0.3 is 0 Å². The molecule has 0 spiro atoms. The molecule has 0 aliphatic carbocycles. The van der Waals surface area contributed by atoms with Crippen LogP contribution in [-0.2, 0) is 0 Å². The summed E-state index contributed by atoms with van der Waals surface area (Å²) >= 11 is 5.38. The molecule has 0 aliphatic heterocycles. The average Bonchev–Trinajstić information content (AvgIpc) is 2.12. The first-order valence-corrected chi connectivity index (χ1v) is 5.53. The summed E-state index contributed by atoms with van der Waals surface area (Å²) in [5.74, 6) is 0.827. The van der Waals surface area contributed by atoms with Crippen molar-refractivity contribution in [3.05, 3.63) is 12.7 Å². The van der Waals surface area contributed by atoms with Crippen LogP contribution in [0.1, 0.15) is 52.4 Å². The summed E-state index contributed by atoms with van der Waals surface area (Å²) in [7, 11) is 0. The van der Waals surface area contributed by atoms with E-state index in [1.54, 1.807) is 0 Å². The van der Waals surface area contributed by atoms with E-state index in [1.165, 1.54) is 38.5 Å². The molecule has 0 rings (SSSR count). The van der Waals surface area contributed by atoms with Crippen LogP contribution in [0.3, 0.4) is 0 Å². The van der Waals surface area contributed by atoms with Gasteiger partial charge in [-0.05, 0) is 12.8 Å². The summed E-state index contributed by atoms with van der Waals surface area (Å²) in [6.45, 7) is 7.96. The molecule has 0 nitrogen and oxygen atoms in total. The maximum Gasteiger partial charge on any atom is 0.0223 e. The molecule has 0 radical (unpaired) electrons. The van der Waals surface area contributed by atoms with Gasteiger partial charge in [0, 0.05) is 5.88 Å². The van der Waals surface area contributed by atoms with Crippen molar-refractivity contribution >= 4 is 11.6 Å². The van der Waals surface area contributed by atoms with Gasteiger partial charge in [-0.15, -0.1) is 18.2 Å². The Labute approximate surface area is 83.0 Å². The quantitative estimate of drug-likeness (QED) is 0.321. The van der Waals surface area contributed by atoms with Crippen molar-refractivity contribution < 1.29 is 0 Å². The normalized spacial score (nSPS) is 8.58. The van der Waals surface area contributed by atoms with E-state index in [4.69, 9.17) is 11.6 Å². The molecule has 0 saturated carbocycles. The van der Waals surface area contributed by atoms with E-state index in [9.17, 15) is 0 Å². The molecular weight excluding hydrogens is 168 g/mol. The Morgan fingerprint density at radius 2 is 1.67 bits per heavy atom. The van der Waals surface area contributed by atoms with Crippen molar-refractivity contribution in [2.24, 2.45) is 0 Å². The van der Waals surface area contributed by atoms with Gasteiger partial charge in [-0.3, -0.25) is 0 Å². The molecule has 0 heterocycles. The molecule has 0 bridgehead atoms. The molecule has 0 unspecified atom stereocenters.